The summed E-state index contributed by atoms with van der Waals surface area (Å²) >= 11 is 6.57. The summed E-state index contributed by atoms with van der Waals surface area (Å²) < 4.78 is 0. The Morgan fingerprint density at radius 2 is 1.59 bits per heavy atom. The fourth-order valence-electron chi connectivity index (χ4n) is 10.7. The summed E-state index contributed by atoms with van der Waals surface area (Å²) in [5.74, 6) is 6.76. The maximum absolute atomic E-state index is 12.7. The molecule has 5 rings (SSSR count). The van der Waals surface area contributed by atoms with Gasteiger partial charge in [-0.3, -0.25) is 4.79 Å². The average molecular weight is 461 g/mol. The van der Waals surface area contributed by atoms with Crippen LogP contribution in [-0.2, 0) is 4.79 Å². The number of Topliss-reactive ketones (excluding diaryl/α,β-unsaturated/α-hetero) is 1. The number of carbonyl (C=O) groups excluding carboxylic acids is 1. The van der Waals surface area contributed by atoms with E-state index < -0.39 is 0 Å². The van der Waals surface area contributed by atoms with Gasteiger partial charge in [0.25, 0.3) is 0 Å². The summed E-state index contributed by atoms with van der Waals surface area (Å²) in [6.45, 7) is 14.9. The minimum absolute atomic E-state index is 0.0860. The zero-order valence-corrected chi connectivity index (χ0v) is 22.5. The first-order valence-corrected chi connectivity index (χ1v) is 14.6. The maximum atomic E-state index is 12.7. The first-order valence-electron chi connectivity index (χ1n) is 14.2. The molecule has 32 heavy (non-hydrogen) atoms. The zero-order chi connectivity index (χ0) is 23.1. The van der Waals surface area contributed by atoms with Gasteiger partial charge in [0, 0.05) is 11.3 Å². The van der Waals surface area contributed by atoms with Gasteiger partial charge in [-0.1, -0.05) is 60.8 Å². The number of alkyl halides is 1. The van der Waals surface area contributed by atoms with Gasteiger partial charge in [0.1, 0.15) is 0 Å². The molecule has 1 nitrogen and oxygen atoms in total. The predicted octanol–water partition coefficient (Wildman–Crippen LogP) is 8.53. The first kappa shape index (κ1) is 23.7. The van der Waals surface area contributed by atoms with Crippen LogP contribution >= 0.6 is 11.6 Å². The topological polar surface area (TPSA) is 17.1 Å². The summed E-state index contributed by atoms with van der Waals surface area (Å²) in [5, 5.41) is -0.211. The van der Waals surface area contributed by atoms with E-state index in [4.69, 9.17) is 11.6 Å². The maximum Gasteiger partial charge on any atom is 0.154 e. The van der Waals surface area contributed by atoms with Crippen molar-refractivity contribution in [3.8, 4) is 0 Å². The van der Waals surface area contributed by atoms with Gasteiger partial charge in [-0.15, -0.1) is 11.6 Å². The molecule has 5 fully saturated rings. The van der Waals surface area contributed by atoms with E-state index in [1.54, 1.807) is 0 Å². The number of hydrogen-bond acceptors (Lipinski definition) is 1. The Kier molecular flexibility index (Phi) is 5.92. The normalized spacial score (nSPS) is 53.1. The lowest BCUT2D eigenvalue weighted by molar-refractivity contribution is -0.179. The summed E-state index contributed by atoms with van der Waals surface area (Å²) in [4.78, 5) is 12.7. The SMILES string of the molecule is CC(C)CCC[C@@H](C)[C@H]1CC[C@H]2[C@@H]3CC[C@H]4C[C@]5(C)[C@@H](Cl)C(=O)[C@@H]5C[C@]4(C)[C@H]3CC[C@]12C. The molecular weight excluding hydrogens is 412 g/mol. The molecule has 0 aliphatic heterocycles. The standard InChI is InChI=1S/C30H49ClO/c1-18(2)8-7-9-19(3)22-12-13-23-21-11-10-20-16-30(6)25(26(32)27(30)31)17-29(20,5)24(21)14-15-28(22,23)4/h18-25,27H,7-17H2,1-6H3/t19-,20+,21+,22-,23+,24+,25+,27+,28-,29+,30+/m1/s1. The Bertz CT molecular complexity index is 745. The zero-order valence-electron chi connectivity index (χ0n) is 21.8. The van der Waals surface area contributed by atoms with Gasteiger partial charge in [0.05, 0.1) is 5.38 Å². The Hall–Kier alpha value is -0.0400. The van der Waals surface area contributed by atoms with E-state index in [9.17, 15) is 4.79 Å². The monoisotopic (exact) mass is 460 g/mol. The molecule has 0 saturated heterocycles. The van der Waals surface area contributed by atoms with Crippen LogP contribution in [0.3, 0.4) is 0 Å². The number of fused-ring (bicyclic) bond motifs is 6. The van der Waals surface area contributed by atoms with Crippen molar-refractivity contribution in [3.63, 3.8) is 0 Å². The van der Waals surface area contributed by atoms with E-state index in [-0.39, 0.29) is 16.7 Å². The molecule has 0 N–H and O–H groups in total. The summed E-state index contributed by atoms with van der Waals surface area (Å²) in [6, 6.07) is 0. The molecule has 0 amide bonds. The first-order chi connectivity index (χ1) is 15.0. The summed E-state index contributed by atoms with van der Waals surface area (Å²) in [5.41, 5.74) is 1.03. The van der Waals surface area contributed by atoms with Crippen molar-refractivity contribution in [1.82, 2.24) is 0 Å². The van der Waals surface area contributed by atoms with Crippen molar-refractivity contribution in [3.05, 3.63) is 0 Å². The van der Waals surface area contributed by atoms with Crippen LogP contribution in [0.2, 0.25) is 0 Å². The van der Waals surface area contributed by atoms with Gasteiger partial charge in [0.15, 0.2) is 5.78 Å². The number of rotatable bonds is 5. The average Bonchev–Trinajstić information content (AvgIpc) is 3.10. The predicted molar refractivity (Wildman–Crippen MR) is 135 cm³/mol. The fourth-order valence-corrected chi connectivity index (χ4v) is 11.1. The van der Waals surface area contributed by atoms with Gasteiger partial charge >= 0.3 is 0 Å². The number of ketones is 1. The Morgan fingerprint density at radius 3 is 2.31 bits per heavy atom. The minimum Gasteiger partial charge on any atom is -0.298 e. The summed E-state index contributed by atoms with van der Waals surface area (Å²) in [6.07, 6.45) is 15.2. The molecule has 0 aromatic rings. The molecule has 0 radical (unpaired) electrons. The molecule has 5 saturated carbocycles. The molecule has 182 valence electrons. The third kappa shape index (κ3) is 3.25. The molecule has 0 spiro atoms. The van der Waals surface area contributed by atoms with Crippen LogP contribution in [0, 0.1) is 63.6 Å². The molecule has 0 heterocycles. The highest BCUT2D eigenvalue weighted by atomic mass is 35.5. The highest BCUT2D eigenvalue weighted by Gasteiger charge is 2.68. The van der Waals surface area contributed by atoms with Crippen molar-refractivity contribution in [2.75, 3.05) is 0 Å². The van der Waals surface area contributed by atoms with E-state index in [0.29, 0.717) is 16.6 Å². The van der Waals surface area contributed by atoms with Crippen LogP contribution in [-0.4, -0.2) is 11.2 Å². The van der Waals surface area contributed by atoms with Gasteiger partial charge in [-0.2, -0.15) is 0 Å². The molecule has 0 bridgehead atoms. The Labute approximate surface area is 203 Å². The molecular formula is C30H49ClO. The van der Waals surface area contributed by atoms with Gasteiger partial charge in [0.2, 0.25) is 0 Å². The van der Waals surface area contributed by atoms with Crippen LogP contribution in [0.15, 0.2) is 0 Å². The fraction of sp³-hybridized carbons (Fsp3) is 0.967. The van der Waals surface area contributed by atoms with Crippen LogP contribution in [0.4, 0.5) is 0 Å². The molecule has 5 aliphatic carbocycles. The third-order valence-corrected chi connectivity index (χ3v) is 13.3. The van der Waals surface area contributed by atoms with Crippen molar-refractivity contribution < 1.29 is 4.79 Å². The molecule has 11 atom stereocenters. The molecule has 0 aromatic heterocycles. The molecule has 5 aliphatic rings. The van der Waals surface area contributed by atoms with Gasteiger partial charge < -0.3 is 0 Å². The largest absolute Gasteiger partial charge is 0.298 e. The van der Waals surface area contributed by atoms with Crippen LogP contribution in [0.25, 0.3) is 0 Å². The van der Waals surface area contributed by atoms with E-state index in [2.05, 4.69) is 41.5 Å². The van der Waals surface area contributed by atoms with E-state index in [1.165, 1.54) is 64.2 Å². The lowest BCUT2D eigenvalue weighted by Gasteiger charge is -2.67. The molecule has 0 unspecified atom stereocenters. The second-order valence-electron chi connectivity index (χ2n) is 14.4. The number of carbonyl (C=O) groups is 1. The second kappa shape index (κ2) is 7.99. The smallest absolute Gasteiger partial charge is 0.154 e. The van der Waals surface area contributed by atoms with Crippen molar-refractivity contribution in [1.29, 1.82) is 0 Å². The van der Waals surface area contributed by atoms with Crippen molar-refractivity contribution in [2.45, 2.75) is 118 Å². The second-order valence-corrected chi connectivity index (χ2v) is 14.9. The third-order valence-electron chi connectivity index (χ3n) is 12.6. The lowest BCUT2D eigenvalue weighted by atomic mass is 9.38. The summed E-state index contributed by atoms with van der Waals surface area (Å²) in [7, 11) is 0. The number of hydrogen-bond donors (Lipinski definition) is 0. The van der Waals surface area contributed by atoms with Gasteiger partial charge in [-0.25, -0.2) is 0 Å². The lowest BCUT2D eigenvalue weighted by Crippen LogP contribution is -2.66. The van der Waals surface area contributed by atoms with E-state index in [0.717, 1.165) is 47.8 Å². The van der Waals surface area contributed by atoms with Gasteiger partial charge in [-0.05, 0) is 104 Å². The molecule has 0 aromatic carbocycles. The van der Waals surface area contributed by atoms with E-state index in [1.807, 2.05) is 0 Å². The highest BCUT2D eigenvalue weighted by molar-refractivity contribution is 6.34. The number of halogens is 1. The Morgan fingerprint density at radius 1 is 0.875 bits per heavy atom. The minimum atomic E-state index is -0.211. The van der Waals surface area contributed by atoms with Crippen LogP contribution < -0.4 is 0 Å². The van der Waals surface area contributed by atoms with Crippen LogP contribution in [0.5, 0.6) is 0 Å². The van der Waals surface area contributed by atoms with Crippen molar-refractivity contribution >= 4 is 17.4 Å². The quantitative estimate of drug-likeness (QED) is 0.375. The Balaban J connectivity index is 1.32. The molecule has 2 heteroatoms. The highest BCUT2D eigenvalue weighted by Crippen LogP contribution is 2.72. The van der Waals surface area contributed by atoms with Crippen LogP contribution in [0.1, 0.15) is 112 Å². The van der Waals surface area contributed by atoms with Crippen molar-refractivity contribution in [2.24, 2.45) is 63.6 Å². The van der Waals surface area contributed by atoms with E-state index >= 15 is 0 Å².